The predicted octanol–water partition coefficient (Wildman–Crippen LogP) is 11.2. The van der Waals surface area contributed by atoms with Gasteiger partial charge in [-0.15, -0.1) is 0 Å². The van der Waals surface area contributed by atoms with Crippen LogP contribution in [0, 0.1) is 5.82 Å². The summed E-state index contributed by atoms with van der Waals surface area (Å²) in [5.41, 5.74) is 9.46. The maximum absolute atomic E-state index is 14.1. The first kappa shape index (κ1) is 27.3. The van der Waals surface area contributed by atoms with Gasteiger partial charge in [-0.3, -0.25) is 4.57 Å². The summed E-state index contributed by atoms with van der Waals surface area (Å²) in [6.45, 7) is 8.98. The van der Waals surface area contributed by atoms with E-state index in [1.807, 2.05) is 30.5 Å². The number of hydrogen-bond donors (Lipinski definition) is 0. The van der Waals surface area contributed by atoms with Crippen LogP contribution < -0.4 is 0 Å². The van der Waals surface area contributed by atoms with Crippen molar-refractivity contribution in [2.75, 3.05) is 0 Å². The molecule has 220 valence electrons. The number of nitrogens with zero attached hydrogens (tertiary/aromatic N) is 3. The molecule has 3 heterocycles. The number of furan rings is 1. The average molecular weight is 590 g/mol. The van der Waals surface area contributed by atoms with Gasteiger partial charge in [0.1, 0.15) is 22.5 Å². The van der Waals surface area contributed by atoms with Crippen LogP contribution in [0.1, 0.15) is 50.7 Å². The Balaban J connectivity index is 1.47. The Morgan fingerprint density at radius 1 is 0.689 bits per heavy atom. The van der Waals surface area contributed by atoms with Gasteiger partial charge in [-0.25, -0.2) is 14.4 Å². The van der Waals surface area contributed by atoms with Crippen LogP contribution in [0.15, 0.2) is 114 Å². The summed E-state index contributed by atoms with van der Waals surface area (Å²) >= 11 is 0. The molecule has 0 aliphatic carbocycles. The van der Waals surface area contributed by atoms with Crippen LogP contribution in [0.2, 0.25) is 0 Å². The topological polar surface area (TPSA) is 43.9 Å². The van der Waals surface area contributed by atoms with Crippen molar-refractivity contribution in [1.29, 1.82) is 0 Å². The molecule has 8 rings (SSSR count). The van der Waals surface area contributed by atoms with Crippen molar-refractivity contribution in [1.82, 2.24) is 14.5 Å². The molecule has 0 saturated carbocycles. The second kappa shape index (κ2) is 10.4. The largest absolute Gasteiger partial charge is 0.455 e. The van der Waals surface area contributed by atoms with Crippen molar-refractivity contribution >= 4 is 43.9 Å². The molecule has 0 N–H and O–H groups in total. The van der Waals surface area contributed by atoms with Crippen LogP contribution in [0.4, 0.5) is 4.39 Å². The van der Waals surface area contributed by atoms with Gasteiger partial charge in [0.15, 0.2) is 11.5 Å². The van der Waals surface area contributed by atoms with Gasteiger partial charge in [-0.05, 0) is 64.4 Å². The van der Waals surface area contributed by atoms with Crippen molar-refractivity contribution in [3.05, 3.63) is 126 Å². The molecule has 0 saturated heterocycles. The zero-order chi connectivity index (χ0) is 30.8. The Morgan fingerprint density at radius 2 is 1.40 bits per heavy atom. The van der Waals surface area contributed by atoms with Gasteiger partial charge in [0, 0.05) is 27.7 Å². The Morgan fingerprint density at radius 3 is 2.18 bits per heavy atom. The highest BCUT2D eigenvalue weighted by Crippen LogP contribution is 2.42. The standard InChI is InChI=1S/C40H32FN3O/c1-23(2)29-14-8-15-30(24(3)4)36(29)44-37-31-13-6-5-10-27(31)22-42-39(37)43-40(44)34-17-9-16-33-32-19-18-26(21-35(32)45-38(33)34)25-11-7-12-28(41)20-25/h5-24H,1-4H3. The van der Waals surface area contributed by atoms with Crippen molar-refractivity contribution in [3.8, 4) is 28.2 Å². The Labute approximate surface area is 260 Å². The van der Waals surface area contributed by atoms with Crippen LogP contribution in [0.3, 0.4) is 0 Å². The van der Waals surface area contributed by atoms with Crippen LogP contribution in [-0.2, 0) is 0 Å². The summed E-state index contributed by atoms with van der Waals surface area (Å²) in [5, 5.41) is 4.18. The van der Waals surface area contributed by atoms with E-state index in [4.69, 9.17) is 14.4 Å². The van der Waals surface area contributed by atoms with Gasteiger partial charge in [0.05, 0.1) is 11.3 Å². The number of fused-ring (bicyclic) bond motifs is 6. The Bertz CT molecular complexity index is 2390. The fourth-order valence-electron chi connectivity index (χ4n) is 6.69. The average Bonchev–Trinajstić information content (AvgIpc) is 3.62. The van der Waals surface area contributed by atoms with Gasteiger partial charge in [-0.1, -0.05) is 100 Å². The molecule has 0 spiro atoms. The van der Waals surface area contributed by atoms with Crippen LogP contribution in [0.5, 0.6) is 0 Å². The van der Waals surface area contributed by atoms with E-state index in [-0.39, 0.29) is 17.7 Å². The molecule has 0 bridgehead atoms. The molecule has 5 heteroatoms. The van der Waals surface area contributed by atoms with Gasteiger partial charge >= 0.3 is 0 Å². The zero-order valence-electron chi connectivity index (χ0n) is 25.7. The van der Waals surface area contributed by atoms with Gasteiger partial charge < -0.3 is 4.42 Å². The van der Waals surface area contributed by atoms with Gasteiger partial charge in [0.2, 0.25) is 0 Å². The van der Waals surface area contributed by atoms with E-state index < -0.39 is 0 Å². The maximum Gasteiger partial charge on any atom is 0.179 e. The van der Waals surface area contributed by atoms with E-state index in [2.05, 4.69) is 92.9 Å². The summed E-state index contributed by atoms with van der Waals surface area (Å²) in [6, 6.07) is 34.0. The molecule has 0 aliphatic rings. The smallest absolute Gasteiger partial charge is 0.179 e. The van der Waals surface area contributed by atoms with Crippen LogP contribution >= 0.6 is 0 Å². The molecule has 0 radical (unpaired) electrons. The molecule has 45 heavy (non-hydrogen) atoms. The highest BCUT2D eigenvalue weighted by atomic mass is 19.1. The number of imidazole rings is 1. The molecule has 0 unspecified atom stereocenters. The highest BCUT2D eigenvalue weighted by molar-refractivity contribution is 6.11. The molecule has 3 aromatic heterocycles. The molecule has 0 fully saturated rings. The third-order valence-electron chi connectivity index (χ3n) is 8.86. The summed E-state index contributed by atoms with van der Waals surface area (Å²) in [6.07, 6.45) is 1.91. The Kier molecular flexibility index (Phi) is 6.31. The zero-order valence-corrected chi connectivity index (χ0v) is 25.7. The molecule has 4 nitrogen and oxygen atoms in total. The van der Waals surface area contributed by atoms with E-state index in [9.17, 15) is 4.39 Å². The van der Waals surface area contributed by atoms with Crippen molar-refractivity contribution in [2.24, 2.45) is 0 Å². The first-order valence-electron chi connectivity index (χ1n) is 15.5. The monoisotopic (exact) mass is 589 g/mol. The fraction of sp³-hybridized carbons (Fsp3) is 0.150. The second-order valence-electron chi connectivity index (χ2n) is 12.4. The van der Waals surface area contributed by atoms with Crippen molar-refractivity contribution in [2.45, 2.75) is 39.5 Å². The number of aromatic nitrogens is 3. The number of hydrogen-bond acceptors (Lipinski definition) is 3. The number of benzene rings is 5. The Hall–Kier alpha value is -5.29. The van der Waals surface area contributed by atoms with E-state index in [1.54, 1.807) is 12.1 Å². The van der Waals surface area contributed by atoms with Gasteiger partial charge in [0.25, 0.3) is 0 Å². The number of para-hydroxylation sites is 2. The van der Waals surface area contributed by atoms with E-state index >= 15 is 0 Å². The fourth-order valence-corrected chi connectivity index (χ4v) is 6.69. The third kappa shape index (κ3) is 4.33. The number of rotatable bonds is 5. The molecule has 5 aromatic carbocycles. The van der Waals surface area contributed by atoms with Crippen LogP contribution in [-0.4, -0.2) is 14.5 Å². The summed E-state index contributed by atoms with van der Waals surface area (Å²) in [4.78, 5) is 10.1. The predicted molar refractivity (Wildman–Crippen MR) is 183 cm³/mol. The third-order valence-corrected chi connectivity index (χ3v) is 8.86. The molecule has 8 aromatic rings. The van der Waals surface area contributed by atoms with E-state index in [0.29, 0.717) is 5.65 Å². The van der Waals surface area contributed by atoms with Gasteiger partial charge in [-0.2, -0.15) is 0 Å². The number of halogens is 1. The molecule has 0 aliphatic heterocycles. The quantitative estimate of drug-likeness (QED) is 0.201. The first-order chi connectivity index (χ1) is 21.9. The lowest BCUT2D eigenvalue weighted by Crippen LogP contribution is -2.09. The summed E-state index contributed by atoms with van der Waals surface area (Å²) < 4.78 is 23.1. The minimum absolute atomic E-state index is 0.262. The maximum atomic E-state index is 14.1. The molecule has 0 amide bonds. The summed E-state index contributed by atoms with van der Waals surface area (Å²) in [7, 11) is 0. The minimum Gasteiger partial charge on any atom is -0.455 e. The molecule has 0 atom stereocenters. The lowest BCUT2D eigenvalue weighted by Gasteiger charge is -2.23. The normalized spacial score (nSPS) is 12.1. The first-order valence-corrected chi connectivity index (χ1v) is 15.5. The van der Waals surface area contributed by atoms with E-state index in [0.717, 1.165) is 66.4 Å². The lowest BCUT2D eigenvalue weighted by molar-refractivity contribution is 0.628. The van der Waals surface area contributed by atoms with E-state index in [1.165, 1.54) is 17.2 Å². The number of pyridine rings is 1. The second-order valence-corrected chi connectivity index (χ2v) is 12.4. The highest BCUT2D eigenvalue weighted by Gasteiger charge is 2.26. The molecular weight excluding hydrogens is 557 g/mol. The lowest BCUT2D eigenvalue weighted by atomic mass is 9.92. The SMILES string of the molecule is CC(C)c1cccc(C(C)C)c1-n1c(-c2cccc3c2oc2cc(-c4cccc(F)c4)ccc23)nc2ncc3ccccc3c21. The van der Waals surface area contributed by atoms with Crippen LogP contribution in [0.25, 0.3) is 72.1 Å². The minimum atomic E-state index is -0.262. The van der Waals surface area contributed by atoms with Crippen molar-refractivity contribution in [3.63, 3.8) is 0 Å². The molecular formula is C40H32FN3O. The van der Waals surface area contributed by atoms with Crippen molar-refractivity contribution < 1.29 is 8.81 Å². The summed E-state index contributed by atoms with van der Waals surface area (Å²) in [5.74, 6) is 1.10.